The number of aryl methyl sites for hydroxylation is 1. The van der Waals surface area contributed by atoms with Crippen molar-refractivity contribution in [1.29, 1.82) is 0 Å². The highest BCUT2D eigenvalue weighted by Crippen LogP contribution is 2.37. The number of nitrogens with zero attached hydrogens (tertiary/aromatic N) is 3. The first-order chi connectivity index (χ1) is 16.6. The lowest BCUT2D eigenvalue weighted by molar-refractivity contribution is -0.128. The number of halogens is 1. The van der Waals surface area contributed by atoms with Gasteiger partial charge in [-0.15, -0.1) is 0 Å². The lowest BCUT2D eigenvalue weighted by Gasteiger charge is -2.26. The van der Waals surface area contributed by atoms with Crippen molar-refractivity contribution >= 4 is 22.8 Å². The molecular weight excluding hydrogens is 449 g/mol. The minimum absolute atomic E-state index is 0.00900. The Labute approximate surface area is 203 Å². The lowest BCUT2D eigenvalue weighted by atomic mass is 9.87. The van der Waals surface area contributed by atoms with E-state index >= 15 is 0 Å². The molecule has 2 fully saturated rings. The molecule has 1 aliphatic heterocycles. The maximum absolute atomic E-state index is 14.2. The van der Waals surface area contributed by atoms with Gasteiger partial charge in [-0.2, -0.15) is 0 Å². The van der Waals surface area contributed by atoms with Crippen LogP contribution in [0.1, 0.15) is 49.7 Å². The number of nitrogens with one attached hydrogen (secondary N) is 2. The Morgan fingerprint density at radius 1 is 1.29 bits per heavy atom. The number of rotatable bonds is 6. The molecular formula is C26H30FN5O3. The smallest absolute Gasteiger partial charge is 0.255 e. The van der Waals surface area contributed by atoms with Crippen LogP contribution in [0.25, 0.3) is 22.3 Å². The molecule has 8 nitrogen and oxygen atoms in total. The Morgan fingerprint density at radius 3 is 2.74 bits per heavy atom. The zero-order chi connectivity index (χ0) is 24.9. The molecule has 9 heteroatoms. The zero-order valence-corrected chi connectivity index (χ0v) is 20.4. The van der Waals surface area contributed by atoms with Crippen LogP contribution in [0.2, 0.25) is 0 Å². The summed E-state index contributed by atoms with van der Waals surface area (Å²) in [6.45, 7) is 9.04. The molecule has 3 aromatic rings. The number of amides is 2. The van der Waals surface area contributed by atoms with E-state index in [1.54, 1.807) is 17.9 Å². The number of aromatic amines is 1. The van der Waals surface area contributed by atoms with E-state index in [4.69, 9.17) is 4.74 Å². The summed E-state index contributed by atoms with van der Waals surface area (Å²) in [6.07, 6.45) is 3.67. The number of aromatic nitrogens is 3. The number of hydrogen-bond donors (Lipinski definition) is 2. The van der Waals surface area contributed by atoms with E-state index in [1.165, 1.54) is 25.4 Å². The molecule has 2 amide bonds. The molecule has 0 radical (unpaired) electrons. The predicted molar refractivity (Wildman–Crippen MR) is 130 cm³/mol. The van der Waals surface area contributed by atoms with E-state index in [2.05, 4.69) is 20.3 Å². The largest absolute Gasteiger partial charge is 0.493 e. The van der Waals surface area contributed by atoms with Crippen molar-refractivity contribution in [2.24, 2.45) is 11.3 Å². The fourth-order valence-electron chi connectivity index (χ4n) is 4.75. The quantitative estimate of drug-likeness (QED) is 0.559. The molecule has 1 aliphatic carbocycles. The van der Waals surface area contributed by atoms with Gasteiger partial charge >= 0.3 is 0 Å². The van der Waals surface area contributed by atoms with Gasteiger partial charge < -0.3 is 19.9 Å². The van der Waals surface area contributed by atoms with Gasteiger partial charge in [-0.05, 0) is 43.9 Å². The summed E-state index contributed by atoms with van der Waals surface area (Å²) in [5.41, 5.74) is 2.78. The molecule has 1 aromatic carbocycles. The van der Waals surface area contributed by atoms with Gasteiger partial charge in [-0.3, -0.25) is 9.59 Å². The minimum Gasteiger partial charge on any atom is -0.493 e. The van der Waals surface area contributed by atoms with Crippen molar-refractivity contribution in [3.63, 3.8) is 0 Å². The number of carbonyl (C=O) groups excluding carboxylic acids is 2. The second kappa shape index (κ2) is 8.62. The Morgan fingerprint density at radius 2 is 2.06 bits per heavy atom. The van der Waals surface area contributed by atoms with Gasteiger partial charge in [0.25, 0.3) is 5.91 Å². The van der Waals surface area contributed by atoms with Crippen LogP contribution in [0.5, 0.6) is 5.75 Å². The Hall–Kier alpha value is -3.49. The van der Waals surface area contributed by atoms with Crippen molar-refractivity contribution in [3.8, 4) is 17.0 Å². The van der Waals surface area contributed by atoms with E-state index in [0.717, 1.165) is 12.8 Å². The van der Waals surface area contributed by atoms with Crippen LogP contribution in [0.4, 0.5) is 4.39 Å². The minimum atomic E-state index is -0.398. The number of hydrogen-bond acceptors (Lipinski definition) is 5. The molecule has 2 aromatic heterocycles. The van der Waals surface area contributed by atoms with E-state index in [-0.39, 0.29) is 23.3 Å². The summed E-state index contributed by atoms with van der Waals surface area (Å²) in [5.74, 6) is 0.413. The SMILES string of the molecule is CC(=O)N1C[C@@H](NC(=O)c2c(C)[nH]c3c(-c4cc(F)ccc4OCC4CC4)ncnc23)C(C)(C)C1. The van der Waals surface area contributed by atoms with Crippen LogP contribution in [-0.4, -0.2) is 57.4 Å². The fraction of sp³-hybridized carbons (Fsp3) is 0.462. The summed E-state index contributed by atoms with van der Waals surface area (Å²) in [7, 11) is 0. The summed E-state index contributed by atoms with van der Waals surface area (Å²) in [6, 6.07) is 4.19. The first kappa shape index (κ1) is 23.3. The number of carbonyl (C=O) groups is 2. The summed E-state index contributed by atoms with van der Waals surface area (Å²) in [5, 5.41) is 3.11. The van der Waals surface area contributed by atoms with Gasteiger partial charge in [-0.1, -0.05) is 13.8 Å². The number of H-pyrrole nitrogens is 1. The summed E-state index contributed by atoms with van der Waals surface area (Å²) >= 11 is 0. The maximum atomic E-state index is 14.2. The first-order valence-electron chi connectivity index (χ1n) is 12.0. The summed E-state index contributed by atoms with van der Waals surface area (Å²) in [4.78, 5) is 39.1. The highest BCUT2D eigenvalue weighted by molar-refractivity contribution is 6.09. The average molecular weight is 480 g/mol. The number of likely N-dealkylation sites (tertiary alicyclic amines) is 1. The topological polar surface area (TPSA) is 100 Å². The van der Waals surface area contributed by atoms with Gasteiger partial charge in [0, 0.05) is 36.7 Å². The third-order valence-electron chi connectivity index (χ3n) is 7.06. The van der Waals surface area contributed by atoms with Crippen LogP contribution in [0.15, 0.2) is 24.5 Å². The van der Waals surface area contributed by atoms with Gasteiger partial charge in [0.1, 0.15) is 29.1 Å². The van der Waals surface area contributed by atoms with Crippen LogP contribution < -0.4 is 10.1 Å². The molecule has 1 atom stereocenters. The fourth-order valence-corrected chi connectivity index (χ4v) is 4.75. The van der Waals surface area contributed by atoms with Crippen molar-refractivity contribution in [3.05, 3.63) is 41.6 Å². The zero-order valence-electron chi connectivity index (χ0n) is 20.4. The van der Waals surface area contributed by atoms with Crippen molar-refractivity contribution < 1.29 is 18.7 Å². The van der Waals surface area contributed by atoms with Gasteiger partial charge in [0.05, 0.1) is 23.7 Å². The van der Waals surface area contributed by atoms with Crippen molar-refractivity contribution in [2.45, 2.75) is 46.6 Å². The molecule has 3 heterocycles. The van der Waals surface area contributed by atoms with Crippen molar-refractivity contribution in [2.75, 3.05) is 19.7 Å². The van der Waals surface area contributed by atoms with E-state index in [9.17, 15) is 14.0 Å². The molecule has 184 valence electrons. The van der Waals surface area contributed by atoms with Crippen LogP contribution in [0, 0.1) is 24.1 Å². The molecule has 35 heavy (non-hydrogen) atoms. The second-order valence-electron chi connectivity index (χ2n) is 10.4. The van der Waals surface area contributed by atoms with Gasteiger partial charge in [0.2, 0.25) is 5.91 Å². The molecule has 0 spiro atoms. The Kier molecular flexibility index (Phi) is 5.73. The number of fused-ring (bicyclic) bond motifs is 1. The van der Waals surface area contributed by atoms with E-state index < -0.39 is 5.82 Å². The molecule has 2 N–H and O–H groups in total. The molecule has 0 bridgehead atoms. The van der Waals surface area contributed by atoms with Gasteiger partial charge in [0.15, 0.2) is 0 Å². The molecule has 1 saturated carbocycles. The maximum Gasteiger partial charge on any atom is 0.255 e. The molecule has 2 aliphatic rings. The lowest BCUT2D eigenvalue weighted by Crippen LogP contribution is -2.44. The third-order valence-corrected chi connectivity index (χ3v) is 7.06. The predicted octanol–water partition coefficient (Wildman–Crippen LogP) is 3.85. The van der Waals surface area contributed by atoms with Crippen LogP contribution >= 0.6 is 0 Å². The molecule has 1 saturated heterocycles. The second-order valence-corrected chi connectivity index (χ2v) is 10.4. The monoisotopic (exact) mass is 479 g/mol. The highest BCUT2D eigenvalue weighted by atomic mass is 19.1. The van der Waals surface area contributed by atoms with E-state index in [0.29, 0.717) is 64.9 Å². The van der Waals surface area contributed by atoms with Crippen LogP contribution in [0.3, 0.4) is 0 Å². The number of ether oxygens (including phenoxy) is 1. The van der Waals surface area contributed by atoms with Crippen molar-refractivity contribution in [1.82, 2.24) is 25.2 Å². The highest BCUT2D eigenvalue weighted by Gasteiger charge is 2.41. The third kappa shape index (κ3) is 4.47. The molecule has 0 unspecified atom stereocenters. The normalized spacial score (nSPS) is 19.2. The van der Waals surface area contributed by atoms with Crippen LogP contribution in [-0.2, 0) is 4.79 Å². The standard InChI is InChI=1S/C26H30FN5O3/c1-14-21(25(34)31-20-10-32(15(2)33)12-26(20,3)4)23-24(30-14)22(28-13-29-23)18-9-17(27)7-8-19(18)35-11-16-5-6-16/h7-9,13,16,20,30H,5-6,10-12H2,1-4H3,(H,31,34)/t20-/m1/s1. The molecule has 5 rings (SSSR count). The Bertz CT molecular complexity index is 1310. The van der Waals surface area contributed by atoms with E-state index in [1.807, 2.05) is 13.8 Å². The Balaban J connectivity index is 1.49. The average Bonchev–Trinajstić information content (AvgIpc) is 3.49. The first-order valence-corrected chi connectivity index (χ1v) is 12.0. The van der Waals surface area contributed by atoms with Gasteiger partial charge in [-0.25, -0.2) is 14.4 Å². The summed E-state index contributed by atoms with van der Waals surface area (Å²) < 4.78 is 20.2. The number of benzene rings is 1.